The highest BCUT2D eigenvalue weighted by Gasteiger charge is 2.17. The summed E-state index contributed by atoms with van der Waals surface area (Å²) in [5.41, 5.74) is 0. The maximum atomic E-state index is 9.86. The van der Waals surface area contributed by atoms with Gasteiger partial charge in [-0.3, -0.25) is 0 Å². The Morgan fingerprint density at radius 1 is 1.20 bits per heavy atom. The number of benzene rings is 1. The highest BCUT2D eigenvalue weighted by atomic mass is 35.5. The van der Waals surface area contributed by atoms with Crippen molar-refractivity contribution in [1.82, 2.24) is 0 Å². The van der Waals surface area contributed by atoms with Crippen LogP contribution in [0.3, 0.4) is 0 Å². The Labute approximate surface area is 128 Å². The molecule has 0 amide bonds. The van der Waals surface area contributed by atoms with Crippen molar-refractivity contribution in [2.45, 2.75) is 25.0 Å². The molecular weight excluding hydrogens is 303 g/mol. The predicted molar refractivity (Wildman–Crippen MR) is 77.8 cm³/mol. The molecule has 4 nitrogen and oxygen atoms in total. The zero-order valence-corrected chi connectivity index (χ0v) is 12.6. The van der Waals surface area contributed by atoms with Crippen LogP contribution in [0.25, 0.3) is 0 Å². The molecule has 2 rings (SSSR count). The Morgan fingerprint density at radius 3 is 2.50 bits per heavy atom. The SMILES string of the molecule is OC(COc1c(Cl)cccc1Cl)COC1CCOCC1. The lowest BCUT2D eigenvalue weighted by molar-refractivity contribution is -0.0659. The fourth-order valence-corrected chi connectivity index (χ4v) is 2.44. The van der Waals surface area contributed by atoms with E-state index in [4.69, 9.17) is 37.4 Å². The van der Waals surface area contributed by atoms with Crippen LogP contribution >= 0.6 is 23.2 Å². The summed E-state index contributed by atoms with van der Waals surface area (Å²) in [7, 11) is 0. The van der Waals surface area contributed by atoms with Gasteiger partial charge in [-0.15, -0.1) is 0 Å². The highest BCUT2D eigenvalue weighted by molar-refractivity contribution is 6.37. The molecule has 6 heteroatoms. The normalized spacial score (nSPS) is 17.9. The molecule has 0 aromatic heterocycles. The fraction of sp³-hybridized carbons (Fsp3) is 0.571. The number of rotatable bonds is 6. The third kappa shape index (κ3) is 4.79. The molecule has 1 heterocycles. The first-order valence-corrected chi connectivity index (χ1v) is 7.36. The first-order valence-electron chi connectivity index (χ1n) is 6.61. The van der Waals surface area contributed by atoms with Gasteiger partial charge in [-0.2, -0.15) is 0 Å². The summed E-state index contributed by atoms with van der Waals surface area (Å²) in [6.45, 7) is 1.75. The minimum absolute atomic E-state index is 0.0900. The topological polar surface area (TPSA) is 47.9 Å². The number of hydrogen-bond donors (Lipinski definition) is 1. The molecule has 1 N–H and O–H groups in total. The first-order chi connectivity index (χ1) is 9.66. The largest absolute Gasteiger partial charge is 0.488 e. The lowest BCUT2D eigenvalue weighted by atomic mass is 10.1. The first kappa shape index (κ1) is 15.9. The van der Waals surface area contributed by atoms with E-state index < -0.39 is 6.10 Å². The molecule has 0 saturated carbocycles. The van der Waals surface area contributed by atoms with Gasteiger partial charge in [0.15, 0.2) is 5.75 Å². The van der Waals surface area contributed by atoms with Crippen LogP contribution in [0.2, 0.25) is 10.0 Å². The third-order valence-electron chi connectivity index (χ3n) is 3.03. The van der Waals surface area contributed by atoms with Crippen molar-refractivity contribution < 1.29 is 19.3 Å². The summed E-state index contributed by atoms with van der Waals surface area (Å²) in [5, 5.41) is 10.7. The van der Waals surface area contributed by atoms with Gasteiger partial charge in [-0.05, 0) is 25.0 Å². The molecule has 1 fully saturated rings. The summed E-state index contributed by atoms with van der Waals surface area (Å²) in [6.07, 6.45) is 1.17. The van der Waals surface area contributed by atoms with Crippen molar-refractivity contribution in [2.24, 2.45) is 0 Å². The maximum Gasteiger partial charge on any atom is 0.156 e. The minimum atomic E-state index is -0.717. The summed E-state index contributed by atoms with van der Waals surface area (Å²) < 4.78 is 16.3. The lowest BCUT2D eigenvalue weighted by Crippen LogP contribution is -2.30. The van der Waals surface area contributed by atoms with E-state index in [1.165, 1.54) is 0 Å². The smallest absolute Gasteiger partial charge is 0.156 e. The van der Waals surface area contributed by atoms with Gasteiger partial charge in [0.25, 0.3) is 0 Å². The number of para-hydroxylation sites is 1. The standard InChI is InChI=1S/C14H18Cl2O4/c15-12-2-1-3-13(16)14(12)20-9-10(17)8-19-11-4-6-18-7-5-11/h1-3,10-11,17H,4-9H2. The second-order valence-electron chi connectivity index (χ2n) is 4.66. The van der Waals surface area contributed by atoms with Crippen LogP contribution < -0.4 is 4.74 Å². The molecule has 1 aliphatic rings. The van der Waals surface area contributed by atoms with Crippen molar-refractivity contribution >= 4 is 23.2 Å². The summed E-state index contributed by atoms with van der Waals surface area (Å²) >= 11 is 12.0. The Kier molecular flexibility index (Phi) is 6.39. The van der Waals surface area contributed by atoms with Crippen LogP contribution in [0.5, 0.6) is 5.75 Å². The van der Waals surface area contributed by atoms with Gasteiger partial charge in [-0.25, -0.2) is 0 Å². The number of ether oxygens (including phenoxy) is 3. The Morgan fingerprint density at radius 2 is 1.85 bits per heavy atom. The van der Waals surface area contributed by atoms with Crippen LogP contribution in [-0.4, -0.2) is 43.7 Å². The fourth-order valence-electron chi connectivity index (χ4n) is 1.94. The van der Waals surface area contributed by atoms with Crippen LogP contribution in [0.15, 0.2) is 18.2 Å². The Bertz CT molecular complexity index is 401. The van der Waals surface area contributed by atoms with Gasteiger partial charge in [0.05, 0.1) is 22.8 Å². The van der Waals surface area contributed by atoms with Crippen molar-refractivity contribution in [2.75, 3.05) is 26.4 Å². The molecule has 20 heavy (non-hydrogen) atoms. The molecule has 1 aromatic rings. The summed E-state index contributed by atoms with van der Waals surface area (Å²) in [6, 6.07) is 5.11. The van der Waals surface area contributed by atoms with Crippen molar-refractivity contribution in [3.8, 4) is 5.75 Å². The van der Waals surface area contributed by atoms with Crippen LogP contribution in [0, 0.1) is 0 Å². The monoisotopic (exact) mass is 320 g/mol. The number of hydrogen-bond acceptors (Lipinski definition) is 4. The second kappa shape index (κ2) is 8.05. The maximum absolute atomic E-state index is 9.86. The molecule has 0 aliphatic carbocycles. The van der Waals surface area contributed by atoms with E-state index in [0.717, 1.165) is 12.8 Å². The molecule has 1 aliphatic heterocycles. The lowest BCUT2D eigenvalue weighted by Gasteiger charge is -2.23. The zero-order chi connectivity index (χ0) is 14.4. The van der Waals surface area contributed by atoms with Crippen molar-refractivity contribution in [1.29, 1.82) is 0 Å². The highest BCUT2D eigenvalue weighted by Crippen LogP contribution is 2.32. The van der Waals surface area contributed by atoms with Gasteiger partial charge in [0.1, 0.15) is 12.7 Å². The van der Waals surface area contributed by atoms with Gasteiger partial charge >= 0.3 is 0 Å². The van der Waals surface area contributed by atoms with Gasteiger partial charge in [0.2, 0.25) is 0 Å². The summed E-state index contributed by atoms with van der Waals surface area (Å²) in [4.78, 5) is 0. The molecular formula is C14H18Cl2O4. The van der Waals surface area contributed by atoms with Crippen LogP contribution in [0.4, 0.5) is 0 Å². The molecule has 0 bridgehead atoms. The van der Waals surface area contributed by atoms with E-state index in [1.54, 1.807) is 18.2 Å². The van der Waals surface area contributed by atoms with E-state index in [9.17, 15) is 5.11 Å². The summed E-state index contributed by atoms with van der Waals surface area (Å²) in [5.74, 6) is 0.390. The third-order valence-corrected chi connectivity index (χ3v) is 3.63. The van der Waals surface area contributed by atoms with Gasteiger partial charge < -0.3 is 19.3 Å². The van der Waals surface area contributed by atoms with Crippen molar-refractivity contribution in [3.63, 3.8) is 0 Å². The van der Waals surface area contributed by atoms with E-state index in [0.29, 0.717) is 29.0 Å². The predicted octanol–water partition coefficient (Wildman–Crippen LogP) is 2.93. The van der Waals surface area contributed by atoms with Gasteiger partial charge in [0, 0.05) is 13.2 Å². The van der Waals surface area contributed by atoms with Crippen LogP contribution in [0.1, 0.15) is 12.8 Å². The van der Waals surface area contributed by atoms with Crippen molar-refractivity contribution in [3.05, 3.63) is 28.2 Å². The van der Waals surface area contributed by atoms with E-state index >= 15 is 0 Å². The average Bonchev–Trinajstić information content (AvgIpc) is 2.46. The molecule has 0 radical (unpaired) electrons. The molecule has 1 atom stereocenters. The van der Waals surface area contributed by atoms with Gasteiger partial charge in [-0.1, -0.05) is 29.3 Å². The molecule has 1 saturated heterocycles. The number of aliphatic hydroxyl groups excluding tert-OH is 1. The van der Waals surface area contributed by atoms with E-state index in [1.807, 2.05) is 0 Å². The molecule has 1 unspecified atom stereocenters. The van der Waals surface area contributed by atoms with E-state index in [2.05, 4.69) is 0 Å². The Hall–Kier alpha value is -0.520. The number of halogens is 2. The molecule has 1 aromatic carbocycles. The molecule has 0 spiro atoms. The van der Waals surface area contributed by atoms with Crippen LogP contribution in [-0.2, 0) is 9.47 Å². The zero-order valence-electron chi connectivity index (χ0n) is 11.1. The van der Waals surface area contributed by atoms with E-state index in [-0.39, 0.29) is 19.3 Å². The average molecular weight is 321 g/mol. The quantitative estimate of drug-likeness (QED) is 0.875. The second-order valence-corrected chi connectivity index (χ2v) is 5.48. The Balaban J connectivity index is 1.73. The number of aliphatic hydroxyl groups is 1. The molecule has 112 valence electrons. The minimum Gasteiger partial charge on any atom is -0.488 e.